The van der Waals surface area contributed by atoms with E-state index in [4.69, 9.17) is 21.4 Å². The van der Waals surface area contributed by atoms with E-state index in [-0.39, 0.29) is 5.91 Å². The number of ether oxygens (including phenoxy) is 1. The number of carbonyl (C=O) groups is 1. The summed E-state index contributed by atoms with van der Waals surface area (Å²) in [7, 11) is 0. The van der Waals surface area contributed by atoms with Gasteiger partial charge in [0, 0.05) is 25.8 Å². The van der Waals surface area contributed by atoms with Gasteiger partial charge in [-0.2, -0.15) is 0 Å². The molecule has 0 aliphatic carbocycles. The van der Waals surface area contributed by atoms with Crippen LogP contribution in [0.4, 0.5) is 0 Å². The van der Waals surface area contributed by atoms with Crippen LogP contribution in [0.2, 0.25) is 0 Å². The number of furan rings is 1. The monoisotopic (exact) mass is 280 g/mol. The summed E-state index contributed by atoms with van der Waals surface area (Å²) in [4.78, 5) is 13.7. The van der Waals surface area contributed by atoms with Gasteiger partial charge in [0.2, 0.25) is 0 Å². The predicted molar refractivity (Wildman–Crippen MR) is 75.2 cm³/mol. The Morgan fingerprint density at radius 3 is 3.11 bits per heavy atom. The Bertz CT molecular complexity index is 482. The maximum Gasteiger partial charge on any atom is 0.276 e. The van der Waals surface area contributed by atoms with Crippen LogP contribution in [0.25, 0.3) is 6.08 Å². The molecule has 1 saturated heterocycles. The molecule has 1 fully saturated rings. The van der Waals surface area contributed by atoms with Gasteiger partial charge < -0.3 is 14.5 Å². The molecule has 0 spiro atoms. The molecular formula is C13H16N2O3S. The highest BCUT2D eigenvalue weighted by Gasteiger charge is 2.30. The Balaban J connectivity index is 1.96. The molecule has 2 heterocycles. The molecule has 1 aromatic rings. The van der Waals surface area contributed by atoms with E-state index in [2.05, 4.69) is 5.32 Å². The van der Waals surface area contributed by atoms with Crippen molar-refractivity contribution in [1.82, 2.24) is 10.2 Å². The number of amides is 1. The summed E-state index contributed by atoms with van der Waals surface area (Å²) in [5.41, 5.74) is 0.441. The summed E-state index contributed by atoms with van der Waals surface area (Å²) in [5.74, 6) is 0.493. The number of carbonyl (C=O) groups excluding carboxylic acids is 1. The van der Waals surface area contributed by atoms with Gasteiger partial charge >= 0.3 is 0 Å². The van der Waals surface area contributed by atoms with E-state index in [0.717, 1.165) is 6.42 Å². The summed E-state index contributed by atoms with van der Waals surface area (Å²) in [5, 5.41) is 3.33. The minimum atomic E-state index is -0.127. The summed E-state index contributed by atoms with van der Waals surface area (Å²) < 4.78 is 10.4. The van der Waals surface area contributed by atoms with E-state index in [1.807, 2.05) is 6.92 Å². The molecule has 0 saturated carbocycles. The van der Waals surface area contributed by atoms with Gasteiger partial charge in [-0.1, -0.05) is 0 Å². The first-order chi connectivity index (χ1) is 9.22. The van der Waals surface area contributed by atoms with Crippen LogP contribution < -0.4 is 5.32 Å². The topological polar surface area (TPSA) is 54.7 Å². The number of thiocarbonyl (C=S) groups is 1. The maximum absolute atomic E-state index is 12.1. The highest BCUT2D eigenvalue weighted by atomic mass is 32.1. The molecule has 102 valence electrons. The third-order valence-corrected chi connectivity index (χ3v) is 2.99. The molecule has 1 aromatic heterocycles. The average molecular weight is 280 g/mol. The lowest BCUT2D eigenvalue weighted by atomic mass is 10.3. The summed E-state index contributed by atoms with van der Waals surface area (Å²) in [6, 6.07) is 3.55. The second-order valence-corrected chi connectivity index (χ2v) is 4.40. The average Bonchev–Trinajstić information content (AvgIpc) is 2.98. The Hall–Kier alpha value is -1.66. The van der Waals surface area contributed by atoms with Crippen LogP contribution in [0, 0.1) is 0 Å². The lowest BCUT2D eigenvalue weighted by Gasteiger charge is -2.13. The maximum atomic E-state index is 12.1. The van der Waals surface area contributed by atoms with Crippen molar-refractivity contribution in [2.24, 2.45) is 0 Å². The molecule has 1 amide bonds. The molecule has 0 bridgehead atoms. The van der Waals surface area contributed by atoms with E-state index in [9.17, 15) is 4.79 Å². The smallest absolute Gasteiger partial charge is 0.276 e. The second-order valence-electron chi connectivity index (χ2n) is 4.01. The standard InChI is InChI=1S/C13H16N2O3S/c1-2-17-7-4-6-15-12(16)11(14-13(15)19)9-10-5-3-8-18-10/h3,5,8-9H,2,4,6-7H2,1H3,(H,14,19)/b11-9+. The first kappa shape index (κ1) is 13.8. The Kier molecular flexibility index (Phi) is 4.70. The molecular weight excluding hydrogens is 264 g/mol. The fourth-order valence-electron chi connectivity index (χ4n) is 1.76. The Morgan fingerprint density at radius 1 is 1.58 bits per heavy atom. The van der Waals surface area contributed by atoms with Crippen molar-refractivity contribution >= 4 is 29.3 Å². The molecule has 1 N–H and O–H groups in total. The van der Waals surface area contributed by atoms with Gasteiger partial charge in [-0.3, -0.25) is 9.69 Å². The molecule has 1 aliphatic rings. The minimum Gasteiger partial charge on any atom is -0.465 e. The number of nitrogens with zero attached hydrogens (tertiary/aromatic N) is 1. The first-order valence-corrected chi connectivity index (χ1v) is 6.59. The third kappa shape index (κ3) is 3.42. The van der Waals surface area contributed by atoms with E-state index in [0.29, 0.717) is 36.3 Å². The van der Waals surface area contributed by atoms with Crippen LogP contribution in [0.3, 0.4) is 0 Å². The molecule has 19 heavy (non-hydrogen) atoms. The first-order valence-electron chi connectivity index (χ1n) is 6.18. The van der Waals surface area contributed by atoms with Crippen LogP contribution in [-0.4, -0.2) is 35.7 Å². The predicted octanol–water partition coefficient (Wildman–Crippen LogP) is 1.76. The van der Waals surface area contributed by atoms with Gasteiger partial charge in [-0.25, -0.2) is 0 Å². The largest absolute Gasteiger partial charge is 0.465 e. The summed E-state index contributed by atoms with van der Waals surface area (Å²) in [6.45, 7) is 3.80. The van der Waals surface area contributed by atoms with Gasteiger partial charge in [0.25, 0.3) is 5.91 Å². The minimum absolute atomic E-state index is 0.127. The summed E-state index contributed by atoms with van der Waals surface area (Å²) >= 11 is 5.15. The van der Waals surface area contributed by atoms with Crippen molar-refractivity contribution in [2.45, 2.75) is 13.3 Å². The van der Waals surface area contributed by atoms with E-state index in [1.165, 1.54) is 0 Å². The van der Waals surface area contributed by atoms with Gasteiger partial charge in [0.15, 0.2) is 5.11 Å². The number of nitrogens with one attached hydrogen (secondary N) is 1. The Morgan fingerprint density at radius 2 is 2.42 bits per heavy atom. The van der Waals surface area contributed by atoms with Crippen LogP contribution in [0.15, 0.2) is 28.5 Å². The zero-order chi connectivity index (χ0) is 13.7. The Labute approximate surface area is 117 Å². The molecule has 6 heteroatoms. The van der Waals surface area contributed by atoms with Crippen LogP contribution >= 0.6 is 12.2 Å². The lowest BCUT2D eigenvalue weighted by Crippen LogP contribution is -2.32. The number of hydrogen-bond donors (Lipinski definition) is 1. The zero-order valence-electron chi connectivity index (χ0n) is 10.7. The fourth-order valence-corrected chi connectivity index (χ4v) is 2.04. The van der Waals surface area contributed by atoms with Crippen molar-refractivity contribution in [3.05, 3.63) is 29.9 Å². The van der Waals surface area contributed by atoms with Crippen LogP contribution in [0.1, 0.15) is 19.1 Å². The SMILES string of the molecule is CCOCCCN1C(=O)/C(=C\c2ccco2)NC1=S. The molecule has 2 rings (SSSR count). The molecule has 0 atom stereocenters. The molecule has 0 radical (unpaired) electrons. The van der Waals surface area contributed by atoms with E-state index < -0.39 is 0 Å². The fraction of sp³-hybridized carbons (Fsp3) is 0.385. The van der Waals surface area contributed by atoms with Gasteiger partial charge in [-0.05, 0) is 37.7 Å². The molecule has 1 aliphatic heterocycles. The van der Waals surface area contributed by atoms with E-state index >= 15 is 0 Å². The lowest BCUT2D eigenvalue weighted by molar-refractivity contribution is -0.122. The highest BCUT2D eigenvalue weighted by Crippen LogP contribution is 2.14. The van der Waals surface area contributed by atoms with Crippen molar-refractivity contribution in [1.29, 1.82) is 0 Å². The molecule has 5 nitrogen and oxygen atoms in total. The quantitative estimate of drug-likeness (QED) is 0.489. The number of hydrogen-bond acceptors (Lipinski definition) is 4. The van der Waals surface area contributed by atoms with Gasteiger partial charge in [0.1, 0.15) is 11.5 Å². The molecule has 0 unspecified atom stereocenters. The van der Waals surface area contributed by atoms with Gasteiger partial charge in [-0.15, -0.1) is 0 Å². The highest BCUT2D eigenvalue weighted by molar-refractivity contribution is 7.80. The van der Waals surface area contributed by atoms with Crippen LogP contribution in [0.5, 0.6) is 0 Å². The third-order valence-electron chi connectivity index (χ3n) is 2.67. The van der Waals surface area contributed by atoms with Gasteiger partial charge in [0.05, 0.1) is 6.26 Å². The second kappa shape index (κ2) is 6.49. The summed E-state index contributed by atoms with van der Waals surface area (Å²) in [6.07, 6.45) is 3.97. The van der Waals surface area contributed by atoms with Crippen molar-refractivity contribution in [3.8, 4) is 0 Å². The van der Waals surface area contributed by atoms with Crippen molar-refractivity contribution < 1.29 is 13.9 Å². The molecule has 0 aromatic carbocycles. The van der Waals surface area contributed by atoms with Crippen molar-refractivity contribution in [2.75, 3.05) is 19.8 Å². The van der Waals surface area contributed by atoms with E-state index in [1.54, 1.807) is 29.4 Å². The van der Waals surface area contributed by atoms with Crippen LogP contribution in [-0.2, 0) is 9.53 Å². The van der Waals surface area contributed by atoms with Crippen molar-refractivity contribution in [3.63, 3.8) is 0 Å². The number of rotatable bonds is 6. The normalized spacial score (nSPS) is 17.3. The zero-order valence-corrected chi connectivity index (χ0v) is 11.5.